The molecule has 0 spiro atoms. The molecular formula is C15H24FNO. The Morgan fingerprint density at radius 3 is 2.56 bits per heavy atom. The summed E-state index contributed by atoms with van der Waals surface area (Å²) in [6, 6.07) is 7.12. The molecule has 0 radical (unpaired) electrons. The lowest BCUT2D eigenvalue weighted by atomic mass is 9.99. The Morgan fingerprint density at radius 2 is 2.00 bits per heavy atom. The summed E-state index contributed by atoms with van der Waals surface area (Å²) in [6.07, 6.45) is 2.77. The molecule has 0 heterocycles. The van der Waals surface area contributed by atoms with Gasteiger partial charge in [0.15, 0.2) is 0 Å². The van der Waals surface area contributed by atoms with Crippen molar-refractivity contribution < 1.29 is 9.13 Å². The van der Waals surface area contributed by atoms with Gasteiger partial charge in [0.2, 0.25) is 0 Å². The van der Waals surface area contributed by atoms with Gasteiger partial charge in [-0.15, -0.1) is 0 Å². The fourth-order valence-corrected chi connectivity index (χ4v) is 2.18. The molecule has 2 atom stereocenters. The molecule has 0 saturated carbocycles. The van der Waals surface area contributed by atoms with Crippen molar-refractivity contribution in [3.63, 3.8) is 0 Å². The van der Waals surface area contributed by atoms with Crippen LogP contribution in [-0.2, 0) is 11.2 Å². The highest BCUT2D eigenvalue weighted by Gasteiger charge is 2.20. The summed E-state index contributed by atoms with van der Waals surface area (Å²) in [7, 11) is 1.72. The van der Waals surface area contributed by atoms with Crippen LogP contribution in [0.15, 0.2) is 24.3 Å². The number of methoxy groups -OCH3 is 1. The molecule has 1 N–H and O–H groups in total. The number of hydrogen-bond donors (Lipinski definition) is 1. The summed E-state index contributed by atoms with van der Waals surface area (Å²) in [6.45, 7) is 5.15. The van der Waals surface area contributed by atoms with Crippen LogP contribution in [0.4, 0.5) is 4.39 Å². The Bertz CT molecular complexity index is 339. The normalized spacial score (nSPS) is 14.4. The van der Waals surface area contributed by atoms with E-state index in [4.69, 9.17) is 4.74 Å². The first-order valence-electron chi connectivity index (χ1n) is 6.72. The monoisotopic (exact) mass is 253 g/mol. The molecule has 18 heavy (non-hydrogen) atoms. The van der Waals surface area contributed by atoms with Crippen molar-refractivity contribution in [2.75, 3.05) is 13.7 Å². The van der Waals surface area contributed by atoms with Crippen molar-refractivity contribution in [2.24, 2.45) is 0 Å². The van der Waals surface area contributed by atoms with Crippen LogP contribution < -0.4 is 5.32 Å². The van der Waals surface area contributed by atoms with E-state index in [0.717, 1.165) is 24.9 Å². The smallest absolute Gasteiger partial charge is 0.126 e. The van der Waals surface area contributed by atoms with Crippen molar-refractivity contribution in [2.45, 2.75) is 45.3 Å². The first-order valence-corrected chi connectivity index (χ1v) is 6.72. The van der Waals surface area contributed by atoms with Crippen LogP contribution in [-0.4, -0.2) is 25.8 Å². The first kappa shape index (κ1) is 15.1. The average Bonchev–Trinajstić information content (AvgIpc) is 2.39. The van der Waals surface area contributed by atoms with Crippen LogP contribution in [0.25, 0.3) is 0 Å². The van der Waals surface area contributed by atoms with Crippen molar-refractivity contribution in [3.05, 3.63) is 35.6 Å². The number of benzene rings is 1. The lowest BCUT2D eigenvalue weighted by molar-refractivity contribution is 0.0651. The fraction of sp³-hybridized carbons (Fsp3) is 0.600. The van der Waals surface area contributed by atoms with Crippen LogP contribution in [0.3, 0.4) is 0 Å². The lowest BCUT2D eigenvalue weighted by Gasteiger charge is -2.26. The Hall–Kier alpha value is -0.930. The van der Waals surface area contributed by atoms with E-state index >= 15 is 0 Å². The fourth-order valence-electron chi connectivity index (χ4n) is 2.18. The van der Waals surface area contributed by atoms with Crippen LogP contribution in [0.2, 0.25) is 0 Å². The van der Waals surface area contributed by atoms with E-state index in [9.17, 15) is 4.39 Å². The van der Waals surface area contributed by atoms with Crippen LogP contribution in [0.1, 0.15) is 32.3 Å². The third-order valence-corrected chi connectivity index (χ3v) is 3.21. The Kier molecular flexibility index (Phi) is 6.91. The molecule has 1 aromatic rings. The molecular weight excluding hydrogens is 229 g/mol. The summed E-state index contributed by atoms with van der Waals surface area (Å²) in [5.41, 5.74) is 0.751. The largest absolute Gasteiger partial charge is 0.380 e. The zero-order valence-corrected chi connectivity index (χ0v) is 11.6. The second-order valence-corrected chi connectivity index (χ2v) is 4.54. The van der Waals surface area contributed by atoms with Gasteiger partial charge >= 0.3 is 0 Å². The third-order valence-electron chi connectivity index (χ3n) is 3.21. The Balaban J connectivity index is 2.74. The topological polar surface area (TPSA) is 21.3 Å². The molecule has 0 saturated heterocycles. The van der Waals surface area contributed by atoms with Gasteiger partial charge in [-0.2, -0.15) is 0 Å². The maximum atomic E-state index is 13.7. The van der Waals surface area contributed by atoms with Crippen LogP contribution in [0.5, 0.6) is 0 Å². The maximum Gasteiger partial charge on any atom is 0.126 e. The summed E-state index contributed by atoms with van der Waals surface area (Å²) >= 11 is 0. The van der Waals surface area contributed by atoms with E-state index in [1.807, 2.05) is 12.1 Å². The van der Waals surface area contributed by atoms with Gasteiger partial charge in [-0.1, -0.05) is 32.0 Å². The molecule has 1 rings (SSSR count). The van der Waals surface area contributed by atoms with E-state index in [1.165, 1.54) is 6.07 Å². The molecule has 2 nitrogen and oxygen atoms in total. The first-order chi connectivity index (χ1) is 8.72. The van der Waals surface area contributed by atoms with Crippen LogP contribution in [0, 0.1) is 5.82 Å². The molecule has 0 fully saturated rings. The van der Waals surface area contributed by atoms with E-state index in [1.54, 1.807) is 13.2 Å². The van der Waals surface area contributed by atoms with Gasteiger partial charge < -0.3 is 10.1 Å². The number of hydrogen-bond acceptors (Lipinski definition) is 2. The van der Waals surface area contributed by atoms with E-state index in [-0.39, 0.29) is 18.0 Å². The highest BCUT2D eigenvalue weighted by molar-refractivity contribution is 5.18. The van der Waals surface area contributed by atoms with Crippen LogP contribution >= 0.6 is 0 Å². The predicted molar refractivity (Wildman–Crippen MR) is 73.3 cm³/mol. The van der Waals surface area contributed by atoms with Gasteiger partial charge in [0, 0.05) is 13.2 Å². The SMILES string of the molecule is CCCNC(Cc1ccccc1F)C(CC)OC. The Labute approximate surface area is 110 Å². The van der Waals surface area contributed by atoms with Crippen molar-refractivity contribution in [1.29, 1.82) is 0 Å². The van der Waals surface area contributed by atoms with Gasteiger partial charge in [0.25, 0.3) is 0 Å². The number of nitrogens with one attached hydrogen (secondary N) is 1. The van der Waals surface area contributed by atoms with Gasteiger partial charge in [0.05, 0.1) is 6.10 Å². The molecule has 3 heteroatoms. The van der Waals surface area contributed by atoms with Gasteiger partial charge in [0.1, 0.15) is 5.82 Å². The summed E-state index contributed by atoms with van der Waals surface area (Å²) in [5.74, 6) is -0.133. The quantitative estimate of drug-likeness (QED) is 0.768. The molecule has 0 bridgehead atoms. The van der Waals surface area contributed by atoms with Gasteiger partial charge in [-0.05, 0) is 37.4 Å². The molecule has 0 aliphatic heterocycles. The summed E-state index contributed by atoms with van der Waals surface area (Å²) < 4.78 is 19.2. The summed E-state index contributed by atoms with van der Waals surface area (Å²) in [5, 5.41) is 3.46. The van der Waals surface area contributed by atoms with E-state index < -0.39 is 0 Å². The zero-order valence-electron chi connectivity index (χ0n) is 11.6. The van der Waals surface area contributed by atoms with Crippen molar-refractivity contribution in [3.8, 4) is 0 Å². The molecule has 2 unspecified atom stereocenters. The minimum Gasteiger partial charge on any atom is -0.380 e. The molecule has 0 aliphatic carbocycles. The molecule has 102 valence electrons. The average molecular weight is 253 g/mol. The maximum absolute atomic E-state index is 13.7. The van der Waals surface area contributed by atoms with Crippen molar-refractivity contribution in [1.82, 2.24) is 5.32 Å². The number of ether oxygens (including phenoxy) is 1. The lowest BCUT2D eigenvalue weighted by Crippen LogP contribution is -2.42. The predicted octanol–water partition coefficient (Wildman–Crippen LogP) is 3.16. The molecule has 0 aromatic heterocycles. The standard InChI is InChI=1S/C15H24FNO/c1-4-10-17-14(15(5-2)18-3)11-12-8-6-7-9-13(12)16/h6-9,14-15,17H,4-5,10-11H2,1-3H3. The molecule has 0 aliphatic rings. The number of rotatable bonds is 8. The zero-order chi connectivity index (χ0) is 13.4. The second kappa shape index (κ2) is 8.22. The third kappa shape index (κ3) is 4.39. The van der Waals surface area contributed by atoms with Gasteiger partial charge in [-0.3, -0.25) is 0 Å². The highest BCUT2D eigenvalue weighted by atomic mass is 19.1. The molecule has 1 aromatic carbocycles. The van der Waals surface area contributed by atoms with Crippen molar-refractivity contribution >= 4 is 0 Å². The van der Waals surface area contributed by atoms with E-state index in [2.05, 4.69) is 19.2 Å². The van der Waals surface area contributed by atoms with Gasteiger partial charge in [-0.25, -0.2) is 4.39 Å². The molecule has 0 amide bonds. The van der Waals surface area contributed by atoms with E-state index in [0.29, 0.717) is 6.42 Å². The minimum absolute atomic E-state index is 0.121. The second-order valence-electron chi connectivity index (χ2n) is 4.54. The number of halogens is 1. The highest BCUT2D eigenvalue weighted by Crippen LogP contribution is 2.14. The Morgan fingerprint density at radius 1 is 1.28 bits per heavy atom. The summed E-state index contributed by atoms with van der Waals surface area (Å²) in [4.78, 5) is 0. The minimum atomic E-state index is -0.133.